The largest absolute Gasteiger partial charge is 0.481 e. The quantitative estimate of drug-likeness (QED) is 0.887. The average Bonchev–Trinajstić information content (AvgIpc) is 2.54. The van der Waals surface area contributed by atoms with Crippen molar-refractivity contribution in [3.8, 4) is 11.8 Å². The van der Waals surface area contributed by atoms with Crippen LogP contribution in [0.4, 0.5) is 5.69 Å². The molecule has 0 bridgehead atoms. The van der Waals surface area contributed by atoms with Crippen LogP contribution >= 0.6 is 0 Å². The number of anilines is 1. The number of rotatable bonds is 5. The molecule has 1 unspecified atom stereocenters. The first-order valence-electron chi connectivity index (χ1n) is 7.99. The number of ether oxygens (including phenoxy) is 1. The Bertz CT molecular complexity index is 775. The zero-order chi connectivity index (χ0) is 17.7. The molecule has 124 valence electrons. The molecule has 2 aromatic carbocycles. The predicted octanol–water partition coefficient (Wildman–Crippen LogP) is 4.40. The van der Waals surface area contributed by atoms with Crippen molar-refractivity contribution in [3.05, 3.63) is 59.2 Å². The van der Waals surface area contributed by atoms with E-state index in [-0.39, 0.29) is 5.91 Å². The van der Waals surface area contributed by atoms with Gasteiger partial charge >= 0.3 is 0 Å². The molecule has 0 aromatic heterocycles. The number of benzene rings is 2. The Morgan fingerprint density at radius 1 is 1.17 bits per heavy atom. The topological polar surface area (TPSA) is 62.1 Å². The van der Waals surface area contributed by atoms with Gasteiger partial charge in [0.05, 0.1) is 11.6 Å². The number of amides is 1. The van der Waals surface area contributed by atoms with Crippen molar-refractivity contribution in [1.82, 2.24) is 0 Å². The summed E-state index contributed by atoms with van der Waals surface area (Å²) in [6, 6.07) is 14.9. The first-order chi connectivity index (χ1) is 11.4. The molecule has 0 aliphatic rings. The van der Waals surface area contributed by atoms with Crippen molar-refractivity contribution in [1.29, 1.82) is 5.26 Å². The molecule has 4 heteroatoms. The maximum atomic E-state index is 12.4. The van der Waals surface area contributed by atoms with Gasteiger partial charge in [-0.1, -0.05) is 32.0 Å². The van der Waals surface area contributed by atoms with Gasteiger partial charge in [-0.15, -0.1) is 0 Å². The Balaban J connectivity index is 2.12. The maximum absolute atomic E-state index is 12.4. The summed E-state index contributed by atoms with van der Waals surface area (Å²) in [5, 5.41) is 11.7. The second-order valence-corrected chi connectivity index (χ2v) is 6.14. The molecule has 0 radical (unpaired) electrons. The van der Waals surface area contributed by atoms with Crippen molar-refractivity contribution in [2.24, 2.45) is 0 Å². The summed E-state index contributed by atoms with van der Waals surface area (Å²) in [6.07, 6.45) is -0.643. The summed E-state index contributed by atoms with van der Waals surface area (Å²) in [7, 11) is 0. The Morgan fingerprint density at radius 3 is 2.58 bits per heavy atom. The fourth-order valence-corrected chi connectivity index (χ4v) is 2.37. The van der Waals surface area contributed by atoms with Crippen LogP contribution in [0.3, 0.4) is 0 Å². The van der Waals surface area contributed by atoms with Crippen LogP contribution in [-0.4, -0.2) is 12.0 Å². The number of nitrogens with one attached hydrogen (secondary N) is 1. The van der Waals surface area contributed by atoms with Crippen LogP contribution in [0.25, 0.3) is 0 Å². The lowest BCUT2D eigenvalue weighted by Crippen LogP contribution is -2.30. The van der Waals surface area contributed by atoms with Crippen LogP contribution in [0.2, 0.25) is 0 Å². The van der Waals surface area contributed by atoms with Crippen molar-refractivity contribution in [2.45, 2.75) is 39.7 Å². The van der Waals surface area contributed by atoms with E-state index in [1.807, 2.05) is 25.1 Å². The van der Waals surface area contributed by atoms with Gasteiger partial charge in [0.2, 0.25) is 0 Å². The average molecular weight is 322 g/mol. The van der Waals surface area contributed by atoms with Gasteiger partial charge in [-0.2, -0.15) is 5.26 Å². The molecule has 0 aliphatic heterocycles. The number of nitriles is 1. The van der Waals surface area contributed by atoms with E-state index in [0.717, 1.165) is 16.9 Å². The molecular formula is C20H22N2O2. The number of hydrogen-bond acceptors (Lipinski definition) is 3. The highest BCUT2D eigenvalue weighted by molar-refractivity contribution is 5.94. The molecule has 0 aliphatic carbocycles. The van der Waals surface area contributed by atoms with E-state index in [9.17, 15) is 4.79 Å². The smallest absolute Gasteiger partial charge is 0.265 e. The molecule has 0 spiro atoms. The molecule has 0 saturated carbocycles. The van der Waals surface area contributed by atoms with E-state index in [4.69, 9.17) is 10.00 Å². The molecule has 0 saturated heterocycles. The number of carbonyl (C=O) groups excluding carboxylic acids is 1. The van der Waals surface area contributed by atoms with Crippen LogP contribution in [0, 0.1) is 18.3 Å². The van der Waals surface area contributed by atoms with Gasteiger partial charge in [-0.05, 0) is 55.2 Å². The van der Waals surface area contributed by atoms with Gasteiger partial charge < -0.3 is 10.1 Å². The summed E-state index contributed by atoms with van der Waals surface area (Å²) < 4.78 is 5.90. The van der Waals surface area contributed by atoms with Crippen molar-refractivity contribution >= 4 is 11.6 Å². The fourth-order valence-electron chi connectivity index (χ4n) is 2.37. The van der Waals surface area contributed by atoms with E-state index in [1.165, 1.54) is 0 Å². The monoisotopic (exact) mass is 322 g/mol. The van der Waals surface area contributed by atoms with E-state index in [1.54, 1.807) is 31.2 Å². The lowest BCUT2D eigenvalue weighted by Gasteiger charge is -2.19. The minimum atomic E-state index is -0.643. The summed E-state index contributed by atoms with van der Waals surface area (Å²) >= 11 is 0. The van der Waals surface area contributed by atoms with Crippen LogP contribution in [0.15, 0.2) is 42.5 Å². The van der Waals surface area contributed by atoms with Gasteiger partial charge in [0.15, 0.2) is 6.10 Å². The Morgan fingerprint density at radius 2 is 1.92 bits per heavy atom. The van der Waals surface area contributed by atoms with Crippen molar-refractivity contribution in [2.75, 3.05) is 5.32 Å². The highest BCUT2D eigenvalue weighted by atomic mass is 16.5. The van der Waals surface area contributed by atoms with Gasteiger partial charge in [-0.25, -0.2) is 0 Å². The summed E-state index contributed by atoms with van der Waals surface area (Å²) in [5.74, 6) is 0.794. The van der Waals surface area contributed by atoms with Gasteiger partial charge in [0, 0.05) is 5.69 Å². The number of hydrogen-bond donors (Lipinski definition) is 1. The molecular weight excluding hydrogens is 300 g/mol. The van der Waals surface area contributed by atoms with Gasteiger partial charge in [0.1, 0.15) is 5.75 Å². The van der Waals surface area contributed by atoms with Gasteiger partial charge in [-0.3, -0.25) is 4.79 Å². The number of carbonyl (C=O) groups is 1. The van der Waals surface area contributed by atoms with Crippen molar-refractivity contribution < 1.29 is 9.53 Å². The highest BCUT2D eigenvalue weighted by Gasteiger charge is 2.18. The Kier molecular flexibility index (Phi) is 5.59. The molecule has 1 N–H and O–H groups in total. The third kappa shape index (κ3) is 4.36. The second-order valence-electron chi connectivity index (χ2n) is 6.14. The number of nitrogens with zero attached hydrogens (tertiary/aromatic N) is 1. The van der Waals surface area contributed by atoms with E-state index in [0.29, 0.717) is 17.2 Å². The standard InChI is InChI=1S/C20H22N2O2/c1-13(2)18-9-8-14(3)10-19(18)24-15(4)20(23)22-17-7-5-6-16(11-17)12-21/h5-11,13,15H,1-4H3,(H,22,23). The Labute approximate surface area is 143 Å². The molecule has 2 aromatic rings. The van der Waals surface area contributed by atoms with Crippen LogP contribution in [0.1, 0.15) is 43.4 Å². The van der Waals surface area contributed by atoms with E-state index in [2.05, 4.69) is 25.2 Å². The second kappa shape index (κ2) is 7.65. The Hall–Kier alpha value is -2.80. The minimum absolute atomic E-state index is 0.249. The third-order valence-corrected chi connectivity index (χ3v) is 3.72. The highest BCUT2D eigenvalue weighted by Crippen LogP contribution is 2.28. The van der Waals surface area contributed by atoms with E-state index >= 15 is 0 Å². The molecule has 1 atom stereocenters. The molecule has 0 heterocycles. The van der Waals surface area contributed by atoms with Crippen LogP contribution in [0.5, 0.6) is 5.75 Å². The van der Waals surface area contributed by atoms with Crippen LogP contribution < -0.4 is 10.1 Å². The third-order valence-electron chi connectivity index (χ3n) is 3.72. The first kappa shape index (κ1) is 17.6. The molecule has 1 amide bonds. The minimum Gasteiger partial charge on any atom is -0.481 e. The first-order valence-corrected chi connectivity index (χ1v) is 7.99. The predicted molar refractivity (Wildman–Crippen MR) is 95.1 cm³/mol. The van der Waals surface area contributed by atoms with E-state index < -0.39 is 6.10 Å². The summed E-state index contributed by atoms with van der Waals surface area (Å²) in [6.45, 7) is 7.90. The zero-order valence-corrected chi connectivity index (χ0v) is 14.5. The lowest BCUT2D eigenvalue weighted by atomic mass is 10.0. The zero-order valence-electron chi connectivity index (χ0n) is 14.5. The summed E-state index contributed by atoms with van der Waals surface area (Å²) in [5.41, 5.74) is 3.25. The SMILES string of the molecule is Cc1ccc(C(C)C)c(OC(C)C(=O)Nc2cccc(C#N)c2)c1. The van der Waals surface area contributed by atoms with Crippen molar-refractivity contribution in [3.63, 3.8) is 0 Å². The summed E-state index contributed by atoms with van der Waals surface area (Å²) in [4.78, 5) is 12.4. The molecule has 2 rings (SSSR count). The van der Waals surface area contributed by atoms with Gasteiger partial charge in [0.25, 0.3) is 5.91 Å². The lowest BCUT2D eigenvalue weighted by molar-refractivity contribution is -0.122. The maximum Gasteiger partial charge on any atom is 0.265 e. The molecule has 4 nitrogen and oxygen atoms in total. The number of aryl methyl sites for hydroxylation is 1. The van der Waals surface area contributed by atoms with Crippen LogP contribution in [-0.2, 0) is 4.79 Å². The fraction of sp³-hybridized carbons (Fsp3) is 0.300. The molecule has 24 heavy (non-hydrogen) atoms. The normalized spacial score (nSPS) is 11.7. The molecule has 0 fully saturated rings.